The smallest absolute Gasteiger partial charge is 0.416 e. The fourth-order valence-electron chi connectivity index (χ4n) is 16.2. The number of rotatable bonds is 25. The van der Waals surface area contributed by atoms with E-state index in [-0.39, 0.29) is 12.1 Å². The van der Waals surface area contributed by atoms with E-state index < -0.39 is 11.7 Å². The third kappa shape index (κ3) is 28.6. The van der Waals surface area contributed by atoms with Crippen LogP contribution in [0.5, 0.6) is 11.5 Å². The van der Waals surface area contributed by atoms with Gasteiger partial charge in [0, 0.05) is 145 Å². The quantitative estimate of drug-likeness (QED) is 0.0253. The van der Waals surface area contributed by atoms with E-state index in [2.05, 4.69) is 224 Å². The molecule has 0 saturated carbocycles. The molecule has 29 nitrogen and oxygen atoms in total. The Kier molecular flexibility index (Phi) is 34.1. The molecular weight excluding hydrogens is 1910 g/mol. The first-order valence-corrected chi connectivity index (χ1v) is 49.1. The van der Waals surface area contributed by atoms with Gasteiger partial charge < -0.3 is 102 Å². The Morgan fingerprint density at radius 3 is 1.08 bits per heavy atom. The van der Waals surface area contributed by atoms with Crippen LogP contribution in [-0.4, -0.2) is 125 Å². The number of aromatic amines is 8. The van der Waals surface area contributed by atoms with Gasteiger partial charge in [0.25, 0.3) is 0 Å². The minimum absolute atomic E-state index is 0.0644. The molecule has 0 amide bonds. The second kappa shape index (κ2) is 50.5. The third-order valence-electron chi connectivity index (χ3n) is 24.0. The average Bonchev–Trinajstić information content (AvgIpc) is 1.40. The van der Waals surface area contributed by atoms with Gasteiger partial charge in [0.1, 0.15) is 103 Å². The van der Waals surface area contributed by atoms with Crippen LogP contribution in [0.3, 0.4) is 0 Å². The molecule has 17 aromatic heterocycles. The van der Waals surface area contributed by atoms with Gasteiger partial charge in [-0.05, 0) is 247 Å². The molecule has 754 valence electrons. The Bertz CT molecular complexity index is 8280. The van der Waals surface area contributed by atoms with E-state index in [0.717, 1.165) is 216 Å². The topological polar surface area (TPSA) is 369 Å². The van der Waals surface area contributed by atoms with E-state index in [1.807, 2.05) is 268 Å². The van der Waals surface area contributed by atoms with Gasteiger partial charge in [0.05, 0.1) is 67.3 Å². The maximum atomic E-state index is 12.9. The van der Waals surface area contributed by atoms with E-state index in [0.29, 0.717) is 23.0 Å². The number of methoxy groups -OCH3 is 2. The summed E-state index contributed by atoms with van der Waals surface area (Å²) in [4.78, 5) is 67.1. The molecule has 0 radical (unpaired) electrons. The molecule has 16 N–H and O–H groups in total. The molecule has 0 aliphatic carbocycles. The van der Waals surface area contributed by atoms with E-state index in [1.165, 1.54) is 40.1 Å². The Balaban J connectivity index is 0.000000112. The maximum Gasteiger partial charge on any atom is 0.416 e. The zero-order valence-corrected chi connectivity index (χ0v) is 83.1. The zero-order chi connectivity index (χ0) is 103. The zero-order valence-electron chi connectivity index (χ0n) is 82.3. The van der Waals surface area contributed by atoms with E-state index in [9.17, 15) is 13.2 Å². The lowest BCUT2D eigenvalue weighted by Crippen LogP contribution is -2.36. The van der Waals surface area contributed by atoms with Gasteiger partial charge in [0.2, 0.25) is 0 Å². The summed E-state index contributed by atoms with van der Waals surface area (Å²) < 4.78 is 54.5. The number of aromatic nitrogens is 17. The highest BCUT2D eigenvalue weighted by Gasteiger charge is 2.33. The highest BCUT2D eigenvalue weighted by atomic mass is 35.5. The van der Waals surface area contributed by atoms with Crippen LogP contribution in [-0.2, 0) is 50.2 Å². The highest BCUT2D eigenvalue weighted by molar-refractivity contribution is 6.33. The summed E-state index contributed by atoms with van der Waals surface area (Å²) in [5, 5.41) is 35.5. The molecule has 0 bridgehead atoms. The predicted molar refractivity (Wildman–Crippen MR) is 599 cm³/mol. The minimum atomic E-state index is -4.35. The van der Waals surface area contributed by atoms with Crippen molar-refractivity contribution in [2.75, 3.05) is 88.0 Å². The van der Waals surface area contributed by atoms with Crippen molar-refractivity contribution >= 4 is 163 Å². The lowest BCUT2D eigenvalue weighted by molar-refractivity contribution is -0.138. The van der Waals surface area contributed by atoms with Gasteiger partial charge in [-0.15, -0.1) is 0 Å². The van der Waals surface area contributed by atoms with Crippen molar-refractivity contribution in [1.29, 1.82) is 0 Å². The van der Waals surface area contributed by atoms with Crippen molar-refractivity contribution in [3.63, 3.8) is 0 Å². The first-order valence-electron chi connectivity index (χ1n) is 48.7. The Morgan fingerprint density at radius 1 is 0.313 bits per heavy atom. The van der Waals surface area contributed by atoms with Crippen molar-refractivity contribution in [3.8, 4) is 11.5 Å². The van der Waals surface area contributed by atoms with Crippen LogP contribution < -0.4 is 56.9 Å². The van der Waals surface area contributed by atoms with Gasteiger partial charge in [-0.3, -0.25) is 4.98 Å². The molecule has 1 aliphatic heterocycles. The number of nitrogens with one attached hydrogen (secondary N) is 16. The van der Waals surface area contributed by atoms with Gasteiger partial charge in [-0.25, -0.2) is 39.9 Å². The molecule has 0 unspecified atom stereocenters. The Morgan fingerprint density at radius 2 is 0.660 bits per heavy atom. The SMILES string of the molecule is COc1ccc(CNc2ccc3cc[nH]c3n2)cc1.COc1cccc(CNc2ccc3cc[nH]c3n2)c1.Cc1cccc(CNc2ccc3cc[nH]c3n2)c1.Clc1ccccc1Nc1ccc2cc[nH]c2n1.FC(F)(F)c1ccccc1CNc1ccc2cc[nH]c2n1.c1ccc(CNc2ccc3cc[nH]c3n2)cc1.c1ccc(CNc2ccc3cc[nH]c3n2)nc1.c1ccc(N2CCOCC2)c(Nc2ccc3cc[nH]c3n2)c1. The van der Waals surface area contributed by atoms with Gasteiger partial charge >= 0.3 is 6.18 Å². The maximum absolute atomic E-state index is 12.9. The van der Waals surface area contributed by atoms with Gasteiger partial charge in [-0.1, -0.05) is 145 Å². The van der Waals surface area contributed by atoms with Crippen LogP contribution in [0, 0.1) is 6.92 Å². The third-order valence-corrected chi connectivity index (χ3v) is 24.3. The summed E-state index contributed by atoms with van der Waals surface area (Å²) in [6.45, 7) is 9.29. The van der Waals surface area contributed by atoms with Crippen LogP contribution in [0.2, 0.25) is 5.02 Å². The van der Waals surface area contributed by atoms with E-state index >= 15 is 0 Å². The summed E-state index contributed by atoms with van der Waals surface area (Å²) in [5.41, 5.74) is 16.8. The number of morpholine rings is 1. The number of hydrogen-bond acceptors (Lipinski definition) is 21. The molecule has 33 heteroatoms. The van der Waals surface area contributed by atoms with Crippen LogP contribution in [0.1, 0.15) is 44.6 Å². The summed E-state index contributed by atoms with van der Waals surface area (Å²) >= 11 is 6.07. The number of pyridine rings is 9. The number of nitrogens with zero attached hydrogens (tertiary/aromatic N) is 10. The number of para-hydroxylation sites is 3. The molecule has 150 heavy (non-hydrogen) atoms. The van der Waals surface area contributed by atoms with Crippen molar-refractivity contribution in [3.05, 3.63) is 445 Å². The summed E-state index contributed by atoms with van der Waals surface area (Å²) in [7, 11) is 3.34. The van der Waals surface area contributed by atoms with E-state index in [4.69, 9.17) is 25.8 Å². The summed E-state index contributed by atoms with van der Waals surface area (Å²) in [5.74, 6) is 8.25. The number of aryl methyl sites for hydroxylation is 1. The molecule has 0 spiro atoms. The van der Waals surface area contributed by atoms with Crippen molar-refractivity contribution in [2.24, 2.45) is 0 Å². The fourth-order valence-corrected chi connectivity index (χ4v) is 16.4. The number of fused-ring (bicyclic) bond motifs is 8. The molecule has 1 saturated heterocycles. The monoisotopic (exact) mass is 2020 g/mol. The average molecular weight is 2020 g/mol. The van der Waals surface area contributed by atoms with Crippen molar-refractivity contribution in [2.45, 2.75) is 52.4 Å². The number of alkyl halides is 3. The predicted octanol–water partition coefficient (Wildman–Crippen LogP) is 26.9. The van der Waals surface area contributed by atoms with Gasteiger partial charge in [0.15, 0.2) is 0 Å². The number of H-pyrrole nitrogens is 8. The lowest BCUT2D eigenvalue weighted by Gasteiger charge is -2.30. The van der Waals surface area contributed by atoms with Crippen LogP contribution in [0.25, 0.3) is 88.3 Å². The molecule has 1 fully saturated rings. The molecule has 1 aliphatic rings. The Hall–Kier alpha value is -19.0. The molecule has 18 heterocycles. The fraction of sp³-hybridized carbons (Fsp3) is 0.120. The molecule has 25 rings (SSSR count). The number of benzene rings is 7. The van der Waals surface area contributed by atoms with Crippen LogP contribution in [0.15, 0.2) is 395 Å². The first-order chi connectivity index (χ1) is 73.6. The molecule has 24 aromatic rings. The van der Waals surface area contributed by atoms with Gasteiger partial charge in [-0.2, -0.15) is 13.2 Å². The lowest BCUT2D eigenvalue weighted by atomic mass is 10.1. The normalized spacial score (nSPS) is 11.4. The second-order valence-electron chi connectivity index (χ2n) is 34.5. The molecule has 0 atom stereocenters. The number of anilines is 11. The summed E-state index contributed by atoms with van der Waals surface area (Å²) in [6.07, 6.45) is 12.5. The van der Waals surface area contributed by atoms with Crippen molar-refractivity contribution in [1.82, 2.24) is 84.7 Å². The number of ether oxygens (including phenoxy) is 3. The van der Waals surface area contributed by atoms with Crippen LogP contribution >= 0.6 is 11.6 Å². The number of halogens is 4. The largest absolute Gasteiger partial charge is 0.497 e. The first kappa shape index (κ1) is 101. The number of hydrogen-bond donors (Lipinski definition) is 16. The van der Waals surface area contributed by atoms with Crippen molar-refractivity contribution < 1.29 is 27.4 Å². The standard InChI is InChI=1S/C17H18N4O.C15H12F3N3.2C15H15N3O.C15H15N3.C14H13N3.C13H10ClN3.C13H12N4/c1-2-4-15(21-9-11-22-12-10-21)14(3-1)19-16-6-5-13-7-8-18-17(13)20-16;16-15(17,18)12-4-2-1-3-11(12)9-20-13-6-5-10-7-8-19-14(10)21-13;1-19-13-5-2-11(3-6-13)10-17-14-7-4-12-8-9-16-15(12)18-14;1-19-13-4-2-3-11(9-13)10-17-14-6-5-12-7-8-16-15(12)18-14;1-11-3-2-4-12(9-11)10-17-14-6-5-13-7-8-16-15(13)18-14;1-2-4-11(5-3-1)10-16-13-7-6-12-8-9-15-14(12)17-13;14-10-3-1-2-4-11(10)16-12-6-5-9-7-8-15-13(9)17-12;1-2-7-14-11(3-1)9-16-12-5-4-10-6-8-15-13(10)17-12/h1-8H,9-12H2,(H2,18,19,20);1-8H,9H2,(H2,19,20,21);2*2-9H,10H2,1H3,(H2,16,17,18);2-9H,10H2,1H3,(H2,16,17,18);1-9H,10H2,(H2,15,16,17);1-8H,(H2,15,16,17);1-8H,9H2,(H2,15,16,17). The minimum Gasteiger partial charge on any atom is -0.497 e. The van der Waals surface area contributed by atoms with E-state index in [1.54, 1.807) is 38.7 Å². The molecule has 7 aromatic carbocycles. The second-order valence-corrected chi connectivity index (χ2v) is 34.9. The highest BCUT2D eigenvalue weighted by Crippen LogP contribution is 2.35. The molecular formula is C117H110ClF3N26O3. The Labute approximate surface area is 867 Å². The summed E-state index contributed by atoms with van der Waals surface area (Å²) in [6, 6.07) is 110. The van der Waals surface area contributed by atoms with Crippen LogP contribution in [0.4, 0.5) is 76.8 Å².